The van der Waals surface area contributed by atoms with Gasteiger partial charge in [0.1, 0.15) is 6.10 Å². The van der Waals surface area contributed by atoms with Crippen molar-refractivity contribution in [1.82, 2.24) is 0 Å². The molecule has 0 aliphatic heterocycles. The largest absolute Gasteiger partial charge is 0.458 e. The molecule has 0 unspecified atom stereocenters. The highest BCUT2D eigenvalue weighted by atomic mass is 28.4. The molecule has 1 rings (SSSR count). The van der Waals surface area contributed by atoms with Crippen molar-refractivity contribution in [3.05, 3.63) is 12.2 Å². The molecule has 1 aliphatic carbocycles. The van der Waals surface area contributed by atoms with Gasteiger partial charge in [-0.25, -0.2) is 0 Å². The number of carbonyl (C=O) groups excluding carboxylic acids is 1. The van der Waals surface area contributed by atoms with Crippen LogP contribution >= 0.6 is 0 Å². The quantitative estimate of drug-likeness (QED) is 0.216. The van der Waals surface area contributed by atoms with Crippen LogP contribution in [-0.4, -0.2) is 26.5 Å². The van der Waals surface area contributed by atoms with Gasteiger partial charge in [0.25, 0.3) is 0 Å². The summed E-state index contributed by atoms with van der Waals surface area (Å²) in [5.74, 6) is -0.126. The molecule has 0 aromatic heterocycles. The first-order valence-corrected chi connectivity index (χ1v) is 13.4. The zero-order valence-electron chi connectivity index (χ0n) is 18.1. The van der Waals surface area contributed by atoms with E-state index in [0.29, 0.717) is 0 Å². The van der Waals surface area contributed by atoms with Crippen LogP contribution < -0.4 is 0 Å². The van der Waals surface area contributed by atoms with E-state index in [4.69, 9.17) is 9.16 Å². The van der Waals surface area contributed by atoms with E-state index in [2.05, 4.69) is 26.8 Å². The Morgan fingerprint density at radius 1 is 0.923 bits per heavy atom. The van der Waals surface area contributed by atoms with E-state index in [1.807, 2.05) is 26.8 Å². The van der Waals surface area contributed by atoms with Crippen molar-refractivity contribution >= 4 is 14.3 Å². The van der Waals surface area contributed by atoms with Crippen LogP contribution in [0.3, 0.4) is 0 Å². The third-order valence-corrected chi connectivity index (χ3v) is 9.83. The molecular formula is C22H42O3Si. The van der Waals surface area contributed by atoms with Crippen LogP contribution in [0.1, 0.15) is 86.5 Å². The van der Waals surface area contributed by atoms with Crippen molar-refractivity contribution in [1.29, 1.82) is 0 Å². The van der Waals surface area contributed by atoms with Crippen LogP contribution in [0.4, 0.5) is 0 Å². The van der Waals surface area contributed by atoms with E-state index in [9.17, 15) is 4.79 Å². The molecule has 0 bridgehead atoms. The predicted molar refractivity (Wildman–Crippen MR) is 113 cm³/mol. The molecular weight excluding hydrogens is 340 g/mol. The highest BCUT2D eigenvalue weighted by Crippen LogP contribution is 2.33. The second kappa shape index (κ2) is 11.3. The zero-order valence-corrected chi connectivity index (χ0v) is 19.1. The highest BCUT2D eigenvalue weighted by molar-refractivity contribution is 6.73. The predicted octanol–water partition coefficient (Wildman–Crippen LogP) is 6.64. The Morgan fingerprint density at radius 2 is 1.38 bits per heavy atom. The van der Waals surface area contributed by atoms with E-state index >= 15 is 0 Å². The zero-order chi connectivity index (χ0) is 19.6. The number of hydrogen-bond acceptors (Lipinski definition) is 3. The Hall–Kier alpha value is -0.613. The van der Waals surface area contributed by atoms with Gasteiger partial charge in [-0.2, -0.15) is 0 Å². The first kappa shape index (κ1) is 23.4. The molecule has 0 spiro atoms. The molecule has 0 aromatic carbocycles. The monoisotopic (exact) mass is 382 g/mol. The first-order chi connectivity index (χ1) is 12.3. The fraction of sp³-hybridized carbons (Fsp3) is 0.864. The van der Waals surface area contributed by atoms with Gasteiger partial charge in [0.05, 0.1) is 11.5 Å². The fourth-order valence-corrected chi connectivity index (χ4v) is 8.41. The van der Waals surface area contributed by atoms with Crippen LogP contribution in [0.15, 0.2) is 12.2 Å². The molecule has 0 radical (unpaired) electrons. The number of unbranched alkanes of at least 4 members (excludes halogenated alkanes) is 3. The summed E-state index contributed by atoms with van der Waals surface area (Å²) in [6.45, 7) is 12.5. The molecule has 2 atom stereocenters. The van der Waals surface area contributed by atoms with Gasteiger partial charge in [-0.05, 0) is 45.0 Å². The summed E-state index contributed by atoms with van der Waals surface area (Å²) in [6, 6.07) is 3.83. The standard InChI is InChI=1S/C22H42O3Si/c1-7-10-15-26(16-11-8-2,17-12-9-3)25-20-14-13-19(18-20)24-21(23)22(4,5)6/h13-14,19-20H,7-12,15-18H2,1-6H3/t19-,20+/m1/s1. The van der Waals surface area contributed by atoms with Gasteiger partial charge >= 0.3 is 5.97 Å². The molecule has 1 aliphatic rings. The molecule has 26 heavy (non-hydrogen) atoms. The van der Waals surface area contributed by atoms with Crippen LogP contribution in [0.5, 0.6) is 0 Å². The number of ether oxygens (including phenoxy) is 1. The average Bonchev–Trinajstić information content (AvgIpc) is 3.02. The Kier molecular flexibility index (Phi) is 10.2. The lowest BCUT2D eigenvalue weighted by Crippen LogP contribution is -2.41. The van der Waals surface area contributed by atoms with Crippen LogP contribution in [0, 0.1) is 5.41 Å². The molecule has 0 saturated heterocycles. The lowest BCUT2D eigenvalue weighted by atomic mass is 9.97. The Morgan fingerprint density at radius 3 is 1.81 bits per heavy atom. The minimum absolute atomic E-state index is 0.123. The van der Waals surface area contributed by atoms with E-state index in [1.165, 1.54) is 56.7 Å². The first-order valence-electron chi connectivity index (χ1n) is 10.8. The number of carbonyl (C=O) groups is 1. The maximum Gasteiger partial charge on any atom is 0.311 e. The van der Waals surface area contributed by atoms with Crippen molar-refractivity contribution in [2.45, 2.75) is 117 Å². The fourth-order valence-electron chi connectivity index (χ4n) is 3.49. The third-order valence-electron chi connectivity index (χ3n) is 5.24. The van der Waals surface area contributed by atoms with E-state index in [0.717, 1.165) is 6.42 Å². The van der Waals surface area contributed by atoms with E-state index in [-0.39, 0.29) is 18.2 Å². The Balaban J connectivity index is 2.71. The average molecular weight is 383 g/mol. The minimum Gasteiger partial charge on any atom is -0.458 e. The van der Waals surface area contributed by atoms with Gasteiger partial charge in [-0.1, -0.05) is 65.4 Å². The maximum atomic E-state index is 12.1. The molecule has 0 amide bonds. The molecule has 0 fully saturated rings. The van der Waals surface area contributed by atoms with Crippen molar-refractivity contribution in [2.24, 2.45) is 5.41 Å². The van der Waals surface area contributed by atoms with Gasteiger partial charge in [0, 0.05) is 6.42 Å². The van der Waals surface area contributed by atoms with Crippen LogP contribution in [0.25, 0.3) is 0 Å². The summed E-state index contributed by atoms with van der Waals surface area (Å²) < 4.78 is 12.5. The van der Waals surface area contributed by atoms with Gasteiger partial charge in [-0.15, -0.1) is 0 Å². The molecule has 0 heterocycles. The lowest BCUT2D eigenvalue weighted by Gasteiger charge is -2.34. The molecule has 0 N–H and O–H groups in total. The topological polar surface area (TPSA) is 35.5 Å². The SMILES string of the molecule is CCCC[Si](CCCC)(CCCC)O[C@H]1C=C[C@@H](OC(=O)C(C)(C)C)C1. The summed E-state index contributed by atoms with van der Waals surface area (Å²) in [7, 11) is -1.72. The molecule has 0 aromatic rings. The molecule has 152 valence electrons. The summed E-state index contributed by atoms with van der Waals surface area (Å²) >= 11 is 0. The molecule has 0 saturated carbocycles. The second-order valence-electron chi connectivity index (χ2n) is 8.96. The molecule has 3 nitrogen and oxygen atoms in total. The highest BCUT2D eigenvalue weighted by Gasteiger charge is 2.37. The van der Waals surface area contributed by atoms with Gasteiger partial charge in [0.15, 0.2) is 8.32 Å². The van der Waals surface area contributed by atoms with Crippen LogP contribution in [-0.2, 0) is 14.0 Å². The summed E-state index contributed by atoms with van der Waals surface area (Å²) in [6.07, 6.45) is 12.5. The lowest BCUT2D eigenvalue weighted by molar-refractivity contribution is -0.156. The smallest absolute Gasteiger partial charge is 0.311 e. The number of rotatable bonds is 12. The van der Waals surface area contributed by atoms with Gasteiger partial charge in [0.2, 0.25) is 0 Å². The Labute approximate surface area is 163 Å². The minimum atomic E-state index is -1.72. The van der Waals surface area contributed by atoms with Crippen molar-refractivity contribution < 1.29 is 14.0 Å². The van der Waals surface area contributed by atoms with Crippen LogP contribution in [0.2, 0.25) is 18.1 Å². The summed E-state index contributed by atoms with van der Waals surface area (Å²) in [5.41, 5.74) is -0.450. The second-order valence-corrected chi connectivity index (χ2v) is 13.1. The summed E-state index contributed by atoms with van der Waals surface area (Å²) in [4.78, 5) is 12.1. The third kappa shape index (κ3) is 7.95. The number of esters is 1. The van der Waals surface area contributed by atoms with E-state index in [1.54, 1.807) is 0 Å². The molecule has 4 heteroatoms. The van der Waals surface area contributed by atoms with Gasteiger partial charge < -0.3 is 9.16 Å². The number of hydrogen-bond donors (Lipinski definition) is 0. The van der Waals surface area contributed by atoms with Crippen molar-refractivity contribution in [3.63, 3.8) is 0 Å². The van der Waals surface area contributed by atoms with E-state index < -0.39 is 13.7 Å². The maximum absolute atomic E-state index is 12.1. The Bertz CT molecular complexity index is 417. The van der Waals surface area contributed by atoms with Crippen molar-refractivity contribution in [3.8, 4) is 0 Å². The van der Waals surface area contributed by atoms with Crippen molar-refractivity contribution in [2.75, 3.05) is 0 Å². The van der Waals surface area contributed by atoms with Gasteiger partial charge in [-0.3, -0.25) is 4.79 Å². The summed E-state index contributed by atoms with van der Waals surface area (Å²) in [5, 5.41) is 0. The normalized spacial score (nSPS) is 20.5.